The molecule has 5 nitrogen and oxygen atoms in total. The lowest BCUT2D eigenvalue weighted by Gasteiger charge is -2.36. The van der Waals surface area contributed by atoms with E-state index in [2.05, 4.69) is 4.98 Å². The number of nitrogens with zero attached hydrogens (tertiary/aromatic N) is 2. The Morgan fingerprint density at radius 1 is 1.64 bits per heavy atom. The highest BCUT2D eigenvalue weighted by molar-refractivity contribution is 5.23. The van der Waals surface area contributed by atoms with Crippen molar-refractivity contribution in [3.63, 3.8) is 0 Å². The van der Waals surface area contributed by atoms with E-state index >= 15 is 0 Å². The van der Waals surface area contributed by atoms with Crippen LogP contribution in [0.25, 0.3) is 0 Å². The summed E-state index contributed by atoms with van der Waals surface area (Å²) in [6.07, 6.45) is 3.55. The molecule has 1 fully saturated rings. The van der Waals surface area contributed by atoms with Crippen LogP contribution in [-0.4, -0.2) is 21.3 Å². The summed E-state index contributed by atoms with van der Waals surface area (Å²) in [4.78, 5) is 15.1. The Balaban J connectivity index is 2.29. The average Bonchev–Trinajstić information content (AvgIpc) is 2.08. The summed E-state index contributed by atoms with van der Waals surface area (Å²) in [5.74, 6) is 0.434. The molecule has 0 bridgehead atoms. The lowest BCUT2D eigenvalue weighted by molar-refractivity contribution is 0.0943. The molecule has 2 rings (SSSR count). The Kier molecular flexibility index (Phi) is 2.25. The van der Waals surface area contributed by atoms with Crippen molar-refractivity contribution in [1.82, 2.24) is 9.55 Å². The van der Waals surface area contributed by atoms with Gasteiger partial charge in [-0.15, -0.1) is 0 Å². The Bertz CT molecular complexity index is 386. The Labute approximate surface area is 81.2 Å². The minimum atomic E-state index is -0.326. The third-order valence-corrected chi connectivity index (χ3v) is 2.82. The highest BCUT2D eigenvalue weighted by Gasteiger charge is 2.32. The fourth-order valence-electron chi connectivity index (χ4n) is 1.81. The maximum absolute atomic E-state index is 11.4. The second-order valence-corrected chi connectivity index (χ2v) is 3.63. The van der Waals surface area contributed by atoms with Gasteiger partial charge in [0.15, 0.2) is 0 Å². The molecule has 0 saturated heterocycles. The molecule has 1 heterocycles. The fourth-order valence-corrected chi connectivity index (χ4v) is 1.81. The van der Waals surface area contributed by atoms with E-state index in [1.165, 1.54) is 0 Å². The first-order valence-corrected chi connectivity index (χ1v) is 4.68. The fraction of sp³-hybridized carbons (Fsp3) is 0.556. The van der Waals surface area contributed by atoms with Gasteiger partial charge < -0.3 is 10.8 Å². The number of nitrogen functional groups attached to an aromatic ring is 1. The molecule has 0 radical (unpaired) electrons. The molecular formula is C9H13N3O2. The average molecular weight is 195 g/mol. The Morgan fingerprint density at radius 2 is 2.43 bits per heavy atom. The van der Waals surface area contributed by atoms with E-state index in [9.17, 15) is 4.79 Å². The van der Waals surface area contributed by atoms with E-state index in [0.717, 1.165) is 12.8 Å². The van der Waals surface area contributed by atoms with Crippen molar-refractivity contribution in [3.05, 3.63) is 22.7 Å². The lowest BCUT2D eigenvalue weighted by Crippen LogP contribution is -2.38. The van der Waals surface area contributed by atoms with Gasteiger partial charge in [-0.2, -0.15) is 4.98 Å². The first kappa shape index (κ1) is 9.21. The van der Waals surface area contributed by atoms with E-state index in [1.54, 1.807) is 16.8 Å². The third kappa shape index (κ3) is 1.39. The molecular weight excluding hydrogens is 182 g/mol. The molecule has 14 heavy (non-hydrogen) atoms. The van der Waals surface area contributed by atoms with E-state index in [0.29, 0.717) is 0 Å². The summed E-state index contributed by atoms with van der Waals surface area (Å²) in [6, 6.07) is 1.70. The normalized spacial score (nSPS) is 25.8. The second kappa shape index (κ2) is 3.42. The largest absolute Gasteiger partial charge is 0.396 e. The molecule has 2 atom stereocenters. The van der Waals surface area contributed by atoms with Gasteiger partial charge in [0, 0.05) is 24.8 Å². The number of nitrogens with two attached hydrogens (primary N) is 1. The van der Waals surface area contributed by atoms with Crippen molar-refractivity contribution in [2.45, 2.75) is 18.9 Å². The topological polar surface area (TPSA) is 81.1 Å². The molecule has 1 aliphatic rings. The van der Waals surface area contributed by atoms with Gasteiger partial charge in [0.25, 0.3) is 0 Å². The van der Waals surface area contributed by atoms with Gasteiger partial charge in [-0.05, 0) is 18.9 Å². The molecule has 5 heteroatoms. The van der Waals surface area contributed by atoms with Gasteiger partial charge in [0.05, 0.1) is 0 Å². The summed E-state index contributed by atoms with van der Waals surface area (Å²) >= 11 is 0. The summed E-state index contributed by atoms with van der Waals surface area (Å²) in [5.41, 5.74) is 5.05. The minimum absolute atomic E-state index is 0.0978. The van der Waals surface area contributed by atoms with Crippen LogP contribution in [0.4, 0.5) is 5.82 Å². The highest BCUT2D eigenvalue weighted by atomic mass is 16.3. The Morgan fingerprint density at radius 3 is 2.93 bits per heavy atom. The number of aromatic nitrogens is 2. The van der Waals surface area contributed by atoms with Crippen molar-refractivity contribution < 1.29 is 5.11 Å². The van der Waals surface area contributed by atoms with Crippen LogP contribution < -0.4 is 11.4 Å². The van der Waals surface area contributed by atoms with Crippen LogP contribution in [0.1, 0.15) is 18.9 Å². The van der Waals surface area contributed by atoms with Crippen LogP contribution in [0.3, 0.4) is 0 Å². The van der Waals surface area contributed by atoms with Crippen LogP contribution in [0.15, 0.2) is 17.1 Å². The van der Waals surface area contributed by atoms with Gasteiger partial charge in [0.2, 0.25) is 0 Å². The van der Waals surface area contributed by atoms with Gasteiger partial charge in [-0.3, -0.25) is 4.57 Å². The highest BCUT2D eigenvalue weighted by Crippen LogP contribution is 2.36. The zero-order valence-electron chi connectivity index (χ0n) is 7.76. The second-order valence-electron chi connectivity index (χ2n) is 3.63. The van der Waals surface area contributed by atoms with Crippen molar-refractivity contribution in [2.24, 2.45) is 5.92 Å². The number of anilines is 1. The molecule has 76 valence electrons. The van der Waals surface area contributed by atoms with Crippen molar-refractivity contribution in [1.29, 1.82) is 0 Å². The third-order valence-electron chi connectivity index (χ3n) is 2.82. The summed E-state index contributed by atoms with van der Waals surface area (Å²) in [6.45, 7) is 0.126. The number of aliphatic hydroxyl groups is 1. The van der Waals surface area contributed by atoms with Gasteiger partial charge >= 0.3 is 5.69 Å². The molecule has 0 aromatic carbocycles. The summed E-state index contributed by atoms with van der Waals surface area (Å²) in [7, 11) is 0. The molecule has 1 aromatic rings. The quantitative estimate of drug-likeness (QED) is 0.683. The molecule has 3 N–H and O–H groups in total. The predicted octanol–water partition coefficient (Wildman–Crippen LogP) is -0.231. The molecule has 1 aliphatic carbocycles. The monoisotopic (exact) mass is 195 g/mol. The first-order valence-electron chi connectivity index (χ1n) is 4.68. The minimum Gasteiger partial charge on any atom is -0.396 e. The molecule has 2 unspecified atom stereocenters. The van der Waals surface area contributed by atoms with Gasteiger partial charge in [0.1, 0.15) is 5.82 Å². The van der Waals surface area contributed by atoms with Crippen molar-refractivity contribution in [2.75, 3.05) is 12.3 Å². The maximum Gasteiger partial charge on any atom is 0.349 e. The molecule has 1 saturated carbocycles. The summed E-state index contributed by atoms with van der Waals surface area (Å²) in [5, 5.41) is 9.00. The zero-order chi connectivity index (χ0) is 10.1. The standard InChI is InChI=1S/C9H13N3O2/c10-8-3-4-12(9(14)11-8)7-2-1-6(7)5-13/h3-4,6-7,13H,1-2,5H2,(H2,10,11,14). The molecule has 0 spiro atoms. The lowest BCUT2D eigenvalue weighted by atomic mass is 9.80. The van der Waals surface area contributed by atoms with Crippen LogP contribution in [0.2, 0.25) is 0 Å². The number of hydrogen-bond acceptors (Lipinski definition) is 4. The summed E-state index contributed by atoms with van der Waals surface area (Å²) < 4.78 is 1.56. The first-order chi connectivity index (χ1) is 6.72. The Hall–Kier alpha value is -1.36. The van der Waals surface area contributed by atoms with Crippen LogP contribution in [0, 0.1) is 5.92 Å². The van der Waals surface area contributed by atoms with Gasteiger partial charge in [-0.25, -0.2) is 4.79 Å². The van der Waals surface area contributed by atoms with E-state index in [4.69, 9.17) is 10.8 Å². The zero-order valence-corrected chi connectivity index (χ0v) is 7.76. The maximum atomic E-state index is 11.4. The van der Waals surface area contributed by atoms with E-state index in [1.807, 2.05) is 0 Å². The van der Waals surface area contributed by atoms with Crippen LogP contribution >= 0.6 is 0 Å². The van der Waals surface area contributed by atoms with Crippen LogP contribution in [0.5, 0.6) is 0 Å². The van der Waals surface area contributed by atoms with Crippen molar-refractivity contribution >= 4 is 5.82 Å². The molecule has 0 amide bonds. The molecule has 1 aromatic heterocycles. The van der Waals surface area contributed by atoms with Crippen LogP contribution in [-0.2, 0) is 0 Å². The smallest absolute Gasteiger partial charge is 0.349 e. The number of hydrogen-bond donors (Lipinski definition) is 2. The number of rotatable bonds is 2. The van der Waals surface area contributed by atoms with E-state index < -0.39 is 0 Å². The SMILES string of the molecule is Nc1ccn(C2CCC2CO)c(=O)n1. The predicted molar refractivity (Wildman–Crippen MR) is 51.8 cm³/mol. The molecule has 0 aliphatic heterocycles. The number of aliphatic hydroxyl groups excluding tert-OH is 1. The van der Waals surface area contributed by atoms with Crippen molar-refractivity contribution in [3.8, 4) is 0 Å². The van der Waals surface area contributed by atoms with E-state index in [-0.39, 0.29) is 30.1 Å². The van der Waals surface area contributed by atoms with Gasteiger partial charge in [-0.1, -0.05) is 0 Å².